The van der Waals surface area contributed by atoms with Gasteiger partial charge in [-0.1, -0.05) is 12.1 Å². The molecular formula is C14H16BrNOS. The van der Waals surface area contributed by atoms with Crippen molar-refractivity contribution in [2.75, 3.05) is 7.11 Å². The van der Waals surface area contributed by atoms with Crippen LogP contribution in [0.3, 0.4) is 0 Å². The van der Waals surface area contributed by atoms with Crippen molar-refractivity contribution in [3.8, 4) is 5.75 Å². The largest absolute Gasteiger partial charge is 0.497 e. The SMILES string of the molecule is COc1cccc([C@@H](C)NCc2cc(Br)cs2)c1. The van der Waals surface area contributed by atoms with Gasteiger partial charge in [0.15, 0.2) is 0 Å². The van der Waals surface area contributed by atoms with Gasteiger partial charge in [-0.05, 0) is 46.6 Å². The van der Waals surface area contributed by atoms with Crippen molar-refractivity contribution in [2.24, 2.45) is 0 Å². The molecule has 0 unspecified atom stereocenters. The molecule has 0 aliphatic carbocycles. The molecule has 0 saturated carbocycles. The molecule has 0 amide bonds. The van der Waals surface area contributed by atoms with Gasteiger partial charge in [0.1, 0.15) is 5.75 Å². The molecule has 4 heteroatoms. The van der Waals surface area contributed by atoms with E-state index in [9.17, 15) is 0 Å². The molecule has 2 nitrogen and oxygen atoms in total. The number of hydrogen-bond acceptors (Lipinski definition) is 3. The van der Waals surface area contributed by atoms with E-state index in [2.05, 4.69) is 51.7 Å². The Morgan fingerprint density at radius 3 is 2.89 bits per heavy atom. The van der Waals surface area contributed by atoms with Crippen LogP contribution in [0.5, 0.6) is 5.75 Å². The molecule has 0 bridgehead atoms. The summed E-state index contributed by atoms with van der Waals surface area (Å²) in [5.41, 5.74) is 1.24. The van der Waals surface area contributed by atoms with Crippen molar-refractivity contribution in [1.29, 1.82) is 0 Å². The average molecular weight is 326 g/mol. The smallest absolute Gasteiger partial charge is 0.119 e. The maximum atomic E-state index is 5.24. The highest BCUT2D eigenvalue weighted by Gasteiger charge is 2.06. The third-order valence-electron chi connectivity index (χ3n) is 2.80. The number of rotatable bonds is 5. The van der Waals surface area contributed by atoms with Crippen LogP contribution in [0, 0.1) is 0 Å². The number of thiophene rings is 1. The zero-order valence-electron chi connectivity index (χ0n) is 10.4. The highest BCUT2D eigenvalue weighted by Crippen LogP contribution is 2.22. The molecule has 1 aromatic heterocycles. The van der Waals surface area contributed by atoms with Gasteiger partial charge in [-0.2, -0.15) is 0 Å². The van der Waals surface area contributed by atoms with Crippen LogP contribution >= 0.6 is 27.3 Å². The predicted molar refractivity (Wildman–Crippen MR) is 80.3 cm³/mol. The van der Waals surface area contributed by atoms with E-state index >= 15 is 0 Å². The molecule has 0 spiro atoms. The van der Waals surface area contributed by atoms with Crippen LogP contribution in [-0.2, 0) is 6.54 Å². The summed E-state index contributed by atoms with van der Waals surface area (Å²) in [5.74, 6) is 0.903. The molecule has 18 heavy (non-hydrogen) atoms. The quantitative estimate of drug-likeness (QED) is 0.881. The lowest BCUT2D eigenvalue weighted by Crippen LogP contribution is -2.17. The van der Waals surface area contributed by atoms with E-state index in [0.717, 1.165) is 16.8 Å². The summed E-state index contributed by atoms with van der Waals surface area (Å²) in [6.07, 6.45) is 0. The Morgan fingerprint density at radius 1 is 1.39 bits per heavy atom. The number of nitrogens with one attached hydrogen (secondary N) is 1. The minimum Gasteiger partial charge on any atom is -0.497 e. The first-order valence-electron chi connectivity index (χ1n) is 5.79. The van der Waals surface area contributed by atoms with Gasteiger partial charge in [0.2, 0.25) is 0 Å². The fourth-order valence-corrected chi connectivity index (χ4v) is 3.13. The van der Waals surface area contributed by atoms with Gasteiger partial charge in [0, 0.05) is 27.3 Å². The van der Waals surface area contributed by atoms with Gasteiger partial charge < -0.3 is 10.1 Å². The second-order valence-corrected chi connectivity index (χ2v) is 6.02. The Kier molecular flexibility index (Phi) is 4.80. The van der Waals surface area contributed by atoms with E-state index < -0.39 is 0 Å². The summed E-state index contributed by atoms with van der Waals surface area (Å²) in [7, 11) is 1.69. The summed E-state index contributed by atoms with van der Waals surface area (Å²) in [6, 6.07) is 10.6. The first-order valence-corrected chi connectivity index (χ1v) is 7.46. The lowest BCUT2D eigenvalue weighted by Gasteiger charge is -2.14. The fraction of sp³-hybridized carbons (Fsp3) is 0.286. The summed E-state index contributed by atoms with van der Waals surface area (Å²) < 4.78 is 6.39. The molecule has 2 aromatic rings. The molecule has 1 N–H and O–H groups in total. The van der Waals surface area contributed by atoms with Crippen molar-refractivity contribution in [1.82, 2.24) is 5.32 Å². The zero-order valence-corrected chi connectivity index (χ0v) is 12.8. The first-order chi connectivity index (χ1) is 8.69. The Hall–Kier alpha value is -0.840. The standard InChI is InChI=1S/C14H16BrNOS/c1-10(11-4-3-5-13(6-11)17-2)16-8-14-7-12(15)9-18-14/h3-7,9-10,16H,8H2,1-2H3/t10-/m1/s1. The molecule has 1 aromatic carbocycles. The van der Waals surface area contributed by atoms with E-state index in [-0.39, 0.29) is 0 Å². The van der Waals surface area contributed by atoms with Gasteiger partial charge in [-0.25, -0.2) is 0 Å². The number of hydrogen-bond donors (Lipinski definition) is 1. The normalized spacial score (nSPS) is 12.4. The molecular weight excluding hydrogens is 310 g/mol. The minimum absolute atomic E-state index is 0.306. The van der Waals surface area contributed by atoms with E-state index in [1.54, 1.807) is 18.4 Å². The predicted octanol–water partition coefficient (Wildman–Crippen LogP) is 4.37. The highest BCUT2D eigenvalue weighted by atomic mass is 79.9. The Balaban J connectivity index is 1.96. The summed E-state index contributed by atoms with van der Waals surface area (Å²) in [5, 5.41) is 5.62. The van der Waals surface area contributed by atoms with E-state index in [1.807, 2.05) is 12.1 Å². The van der Waals surface area contributed by atoms with Gasteiger partial charge in [-0.15, -0.1) is 11.3 Å². The van der Waals surface area contributed by atoms with Crippen LogP contribution in [0.4, 0.5) is 0 Å². The molecule has 0 aliphatic rings. The van der Waals surface area contributed by atoms with Gasteiger partial charge in [0.05, 0.1) is 7.11 Å². The van der Waals surface area contributed by atoms with Gasteiger partial charge >= 0.3 is 0 Å². The Labute approximate surface area is 120 Å². The molecule has 0 fully saturated rings. The lowest BCUT2D eigenvalue weighted by atomic mass is 10.1. The monoisotopic (exact) mass is 325 g/mol. The average Bonchev–Trinajstić information content (AvgIpc) is 2.82. The van der Waals surface area contributed by atoms with E-state index in [4.69, 9.17) is 4.74 Å². The number of benzene rings is 1. The van der Waals surface area contributed by atoms with E-state index in [1.165, 1.54) is 10.4 Å². The van der Waals surface area contributed by atoms with Crippen LogP contribution in [-0.4, -0.2) is 7.11 Å². The van der Waals surface area contributed by atoms with Crippen molar-refractivity contribution in [3.05, 3.63) is 50.6 Å². The lowest BCUT2D eigenvalue weighted by molar-refractivity contribution is 0.413. The van der Waals surface area contributed by atoms with Crippen molar-refractivity contribution in [2.45, 2.75) is 19.5 Å². The maximum Gasteiger partial charge on any atom is 0.119 e. The molecule has 96 valence electrons. The molecule has 1 atom stereocenters. The Morgan fingerprint density at radius 2 is 2.22 bits per heavy atom. The maximum absolute atomic E-state index is 5.24. The van der Waals surface area contributed by atoms with Crippen molar-refractivity contribution >= 4 is 27.3 Å². The van der Waals surface area contributed by atoms with Crippen LogP contribution in [0.25, 0.3) is 0 Å². The van der Waals surface area contributed by atoms with Gasteiger partial charge in [-0.3, -0.25) is 0 Å². The van der Waals surface area contributed by atoms with Crippen LogP contribution in [0.1, 0.15) is 23.4 Å². The topological polar surface area (TPSA) is 21.3 Å². The number of halogens is 1. The number of methoxy groups -OCH3 is 1. The minimum atomic E-state index is 0.306. The fourth-order valence-electron chi connectivity index (χ4n) is 1.73. The Bertz CT molecular complexity index is 512. The van der Waals surface area contributed by atoms with Crippen LogP contribution < -0.4 is 10.1 Å². The third-order valence-corrected chi connectivity index (χ3v) is 4.50. The summed E-state index contributed by atoms with van der Waals surface area (Å²) >= 11 is 5.23. The third kappa shape index (κ3) is 3.57. The van der Waals surface area contributed by atoms with Crippen molar-refractivity contribution in [3.63, 3.8) is 0 Å². The highest BCUT2D eigenvalue weighted by molar-refractivity contribution is 9.10. The summed E-state index contributed by atoms with van der Waals surface area (Å²) in [6.45, 7) is 3.05. The first kappa shape index (κ1) is 13.6. The number of ether oxygens (including phenoxy) is 1. The summed E-state index contributed by atoms with van der Waals surface area (Å²) in [4.78, 5) is 1.33. The molecule has 0 aliphatic heterocycles. The van der Waals surface area contributed by atoms with Crippen LogP contribution in [0.2, 0.25) is 0 Å². The molecule has 0 radical (unpaired) electrons. The molecule has 1 heterocycles. The molecule has 0 saturated heterocycles. The van der Waals surface area contributed by atoms with Gasteiger partial charge in [0.25, 0.3) is 0 Å². The van der Waals surface area contributed by atoms with Crippen LogP contribution in [0.15, 0.2) is 40.2 Å². The second kappa shape index (κ2) is 6.36. The second-order valence-electron chi connectivity index (χ2n) is 4.11. The van der Waals surface area contributed by atoms with E-state index in [0.29, 0.717) is 6.04 Å². The molecule has 2 rings (SSSR count). The van der Waals surface area contributed by atoms with Crippen molar-refractivity contribution < 1.29 is 4.74 Å². The zero-order chi connectivity index (χ0) is 13.0.